The maximum atomic E-state index is 12.2. The highest BCUT2D eigenvalue weighted by Crippen LogP contribution is 2.44. The predicted molar refractivity (Wildman–Crippen MR) is 78.2 cm³/mol. The number of allylic oxidation sites excluding steroid dienone is 1. The summed E-state index contributed by atoms with van der Waals surface area (Å²) in [5.41, 5.74) is 0.489. The van der Waals surface area contributed by atoms with E-state index in [0.29, 0.717) is 10.5 Å². The normalized spacial score (nSPS) is 29.1. The summed E-state index contributed by atoms with van der Waals surface area (Å²) in [6.45, 7) is 0. The molecule has 0 saturated heterocycles. The van der Waals surface area contributed by atoms with Gasteiger partial charge < -0.3 is 5.11 Å². The Bertz CT molecular complexity index is 645. The number of hydrogen-bond donors (Lipinski definition) is 1. The van der Waals surface area contributed by atoms with Gasteiger partial charge in [-0.15, -0.1) is 0 Å². The lowest BCUT2D eigenvalue weighted by molar-refractivity contribution is 0.0632. The zero-order chi connectivity index (χ0) is 14.2. The fraction of sp³-hybridized carbons (Fsp3) is 0.500. The van der Waals surface area contributed by atoms with Gasteiger partial charge in [0.1, 0.15) is 5.60 Å². The van der Waals surface area contributed by atoms with E-state index in [1.165, 1.54) is 6.42 Å². The van der Waals surface area contributed by atoms with Crippen LogP contribution in [0.15, 0.2) is 40.8 Å². The summed E-state index contributed by atoms with van der Waals surface area (Å²) in [5.74, 6) is 0.0256. The Labute approximate surface area is 120 Å². The van der Waals surface area contributed by atoms with Crippen LogP contribution in [0.1, 0.15) is 44.1 Å². The smallest absolute Gasteiger partial charge is 0.178 e. The fourth-order valence-corrected chi connectivity index (χ4v) is 4.97. The van der Waals surface area contributed by atoms with Crippen LogP contribution in [0.25, 0.3) is 0 Å². The first-order chi connectivity index (χ1) is 9.54. The molecule has 1 N–H and O–H groups in total. The third-order valence-electron chi connectivity index (χ3n) is 4.47. The largest absolute Gasteiger partial charge is 0.381 e. The van der Waals surface area contributed by atoms with Crippen molar-refractivity contribution in [3.05, 3.63) is 41.5 Å². The second-order valence-electron chi connectivity index (χ2n) is 5.75. The van der Waals surface area contributed by atoms with Crippen LogP contribution in [0.3, 0.4) is 0 Å². The minimum absolute atomic E-state index is 0.0256. The van der Waals surface area contributed by atoms with E-state index in [1.54, 1.807) is 18.2 Å². The van der Waals surface area contributed by atoms with Crippen molar-refractivity contribution in [2.75, 3.05) is 5.75 Å². The average molecular weight is 292 g/mol. The van der Waals surface area contributed by atoms with Gasteiger partial charge in [-0.25, -0.2) is 8.42 Å². The maximum absolute atomic E-state index is 12.2. The molecule has 0 saturated carbocycles. The first-order valence-corrected chi connectivity index (χ1v) is 8.93. The van der Waals surface area contributed by atoms with Gasteiger partial charge in [0, 0.05) is 5.56 Å². The Morgan fingerprint density at radius 2 is 1.90 bits per heavy atom. The second-order valence-corrected chi connectivity index (χ2v) is 7.83. The molecule has 1 aliphatic carbocycles. The Kier molecular flexibility index (Phi) is 3.46. The van der Waals surface area contributed by atoms with Crippen LogP contribution in [0.4, 0.5) is 0 Å². The number of rotatable bonds is 1. The highest BCUT2D eigenvalue weighted by molar-refractivity contribution is 7.91. The summed E-state index contributed by atoms with van der Waals surface area (Å²) in [6, 6.07) is 6.91. The van der Waals surface area contributed by atoms with Crippen LogP contribution in [-0.2, 0) is 15.4 Å². The Morgan fingerprint density at radius 3 is 2.75 bits per heavy atom. The van der Waals surface area contributed by atoms with Crippen molar-refractivity contribution < 1.29 is 13.5 Å². The van der Waals surface area contributed by atoms with Crippen LogP contribution in [0.2, 0.25) is 0 Å². The molecule has 3 rings (SSSR count). The summed E-state index contributed by atoms with van der Waals surface area (Å²) in [5, 5.41) is 11.2. The molecule has 108 valence electrons. The zero-order valence-corrected chi connectivity index (χ0v) is 12.3. The number of aliphatic hydroxyl groups is 1. The molecule has 1 aromatic rings. The lowest BCUT2D eigenvalue weighted by Gasteiger charge is -2.36. The number of hydrogen-bond acceptors (Lipinski definition) is 3. The van der Waals surface area contributed by atoms with Crippen LogP contribution in [0.5, 0.6) is 0 Å². The van der Waals surface area contributed by atoms with Crippen molar-refractivity contribution in [3.63, 3.8) is 0 Å². The van der Waals surface area contributed by atoms with E-state index in [2.05, 4.69) is 6.08 Å². The molecule has 0 amide bonds. The lowest BCUT2D eigenvalue weighted by Crippen LogP contribution is -2.37. The summed E-state index contributed by atoms with van der Waals surface area (Å²) in [6.07, 6.45) is 7.65. The number of sulfone groups is 1. The first-order valence-electron chi connectivity index (χ1n) is 7.28. The molecule has 0 fully saturated rings. The molecule has 1 aromatic carbocycles. The highest BCUT2D eigenvalue weighted by Gasteiger charge is 2.42. The van der Waals surface area contributed by atoms with Crippen LogP contribution < -0.4 is 0 Å². The summed E-state index contributed by atoms with van der Waals surface area (Å²) in [4.78, 5) is 0.305. The molecular weight excluding hydrogens is 272 g/mol. The topological polar surface area (TPSA) is 54.4 Å². The van der Waals surface area contributed by atoms with E-state index in [9.17, 15) is 13.5 Å². The lowest BCUT2D eigenvalue weighted by atomic mass is 9.81. The number of fused-ring (bicyclic) bond motifs is 1. The van der Waals surface area contributed by atoms with Gasteiger partial charge in [-0.2, -0.15) is 0 Å². The predicted octanol–water partition coefficient (Wildman–Crippen LogP) is 2.94. The Hall–Kier alpha value is -1.13. The quantitative estimate of drug-likeness (QED) is 0.810. The van der Waals surface area contributed by atoms with Crippen LogP contribution in [0, 0.1) is 0 Å². The minimum Gasteiger partial charge on any atom is -0.381 e. The standard InChI is InChI=1S/C16H20O3S/c17-16(13-7-3-1-2-4-8-13)11-12-20(18,19)15-10-6-5-9-14(15)16/h5-7,9-10,17H,1-4,8,11-12H2. The van der Waals surface area contributed by atoms with Crippen molar-refractivity contribution in [3.8, 4) is 0 Å². The van der Waals surface area contributed by atoms with Crippen molar-refractivity contribution in [1.29, 1.82) is 0 Å². The van der Waals surface area contributed by atoms with Gasteiger partial charge in [0.2, 0.25) is 0 Å². The molecule has 0 radical (unpaired) electrons. The summed E-state index contributed by atoms with van der Waals surface area (Å²) < 4.78 is 24.4. The molecule has 20 heavy (non-hydrogen) atoms. The molecule has 0 spiro atoms. The summed E-state index contributed by atoms with van der Waals surface area (Å²) >= 11 is 0. The van der Waals surface area contributed by atoms with E-state index in [0.717, 1.165) is 31.3 Å². The van der Waals surface area contributed by atoms with Gasteiger partial charge >= 0.3 is 0 Å². The molecule has 1 unspecified atom stereocenters. The van der Waals surface area contributed by atoms with Gasteiger partial charge in [0.25, 0.3) is 0 Å². The second kappa shape index (κ2) is 5.01. The van der Waals surface area contributed by atoms with Crippen molar-refractivity contribution in [1.82, 2.24) is 0 Å². The van der Waals surface area contributed by atoms with Crippen molar-refractivity contribution in [2.45, 2.75) is 49.0 Å². The molecule has 1 atom stereocenters. The van der Waals surface area contributed by atoms with E-state index in [-0.39, 0.29) is 12.2 Å². The monoisotopic (exact) mass is 292 g/mol. The molecule has 3 nitrogen and oxygen atoms in total. The van der Waals surface area contributed by atoms with E-state index < -0.39 is 15.4 Å². The van der Waals surface area contributed by atoms with Crippen LogP contribution >= 0.6 is 0 Å². The molecular formula is C16H20O3S. The summed E-state index contributed by atoms with van der Waals surface area (Å²) in [7, 11) is -3.25. The molecule has 4 heteroatoms. The third kappa shape index (κ3) is 2.21. The third-order valence-corrected chi connectivity index (χ3v) is 6.24. The molecule has 1 heterocycles. The van der Waals surface area contributed by atoms with Gasteiger partial charge in [0.15, 0.2) is 9.84 Å². The van der Waals surface area contributed by atoms with Gasteiger partial charge in [-0.1, -0.05) is 30.7 Å². The van der Waals surface area contributed by atoms with Gasteiger partial charge in [-0.3, -0.25) is 0 Å². The van der Waals surface area contributed by atoms with Crippen molar-refractivity contribution >= 4 is 9.84 Å². The van der Waals surface area contributed by atoms with Crippen LogP contribution in [-0.4, -0.2) is 19.3 Å². The van der Waals surface area contributed by atoms with E-state index >= 15 is 0 Å². The maximum Gasteiger partial charge on any atom is 0.178 e. The Balaban J connectivity index is 2.13. The minimum atomic E-state index is -3.25. The molecule has 2 aliphatic rings. The van der Waals surface area contributed by atoms with Gasteiger partial charge in [-0.05, 0) is 43.7 Å². The van der Waals surface area contributed by atoms with E-state index in [4.69, 9.17) is 0 Å². The van der Waals surface area contributed by atoms with E-state index in [1.807, 2.05) is 6.07 Å². The first kappa shape index (κ1) is 13.8. The Morgan fingerprint density at radius 1 is 1.10 bits per heavy atom. The zero-order valence-electron chi connectivity index (χ0n) is 11.5. The average Bonchev–Trinajstić information content (AvgIpc) is 2.73. The SMILES string of the molecule is O=S1(=O)CCC(O)(C2=CCCCCC2)c2ccccc21. The van der Waals surface area contributed by atoms with Gasteiger partial charge in [0.05, 0.1) is 10.6 Å². The highest BCUT2D eigenvalue weighted by atomic mass is 32.2. The molecule has 0 aromatic heterocycles. The molecule has 1 aliphatic heterocycles. The molecule has 0 bridgehead atoms. The number of benzene rings is 1. The fourth-order valence-electron chi connectivity index (χ4n) is 3.33. The van der Waals surface area contributed by atoms with Crippen molar-refractivity contribution in [2.24, 2.45) is 0 Å².